The molecular formula is C13H17N3OS. The van der Waals surface area contributed by atoms with Gasteiger partial charge in [-0.05, 0) is 45.5 Å². The first-order chi connectivity index (χ1) is 8.51. The average Bonchev–Trinajstić information content (AvgIpc) is 2.57. The number of rotatable bonds is 3. The lowest BCUT2D eigenvalue weighted by Gasteiger charge is -2.09. The molecule has 0 saturated heterocycles. The van der Waals surface area contributed by atoms with Gasteiger partial charge in [-0.2, -0.15) is 0 Å². The van der Waals surface area contributed by atoms with E-state index in [1.165, 1.54) is 11.8 Å². The van der Waals surface area contributed by atoms with E-state index in [9.17, 15) is 0 Å². The van der Waals surface area contributed by atoms with Crippen LogP contribution in [0.2, 0.25) is 0 Å². The van der Waals surface area contributed by atoms with Crippen molar-refractivity contribution in [3.63, 3.8) is 0 Å². The van der Waals surface area contributed by atoms with E-state index in [1.54, 1.807) is 0 Å². The first-order valence-corrected chi connectivity index (χ1v) is 6.62. The Morgan fingerprint density at radius 3 is 2.44 bits per heavy atom. The fourth-order valence-electron chi connectivity index (χ4n) is 1.74. The van der Waals surface area contributed by atoms with Gasteiger partial charge in [-0.1, -0.05) is 0 Å². The van der Waals surface area contributed by atoms with Gasteiger partial charge in [-0.15, -0.1) is 0 Å². The molecule has 5 heteroatoms. The Bertz CT molecular complexity index is 558. The maximum Gasteiger partial charge on any atom is 0.261 e. The molecule has 2 aromatic rings. The van der Waals surface area contributed by atoms with Gasteiger partial charge < -0.3 is 10.2 Å². The van der Waals surface area contributed by atoms with E-state index in [1.807, 2.05) is 33.8 Å². The third-order valence-electron chi connectivity index (χ3n) is 2.83. The number of nitrogens with zero attached hydrogens (tertiary/aromatic N) is 2. The summed E-state index contributed by atoms with van der Waals surface area (Å²) in [7, 11) is 0. The van der Waals surface area contributed by atoms with Crippen LogP contribution in [0.25, 0.3) is 0 Å². The quantitative estimate of drug-likeness (QED) is 0.922. The molecule has 0 unspecified atom stereocenters. The smallest absolute Gasteiger partial charge is 0.261 e. The van der Waals surface area contributed by atoms with Gasteiger partial charge in [0, 0.05) is 28.4 Å². The van der Waals surface area contributed by atoms with Crippen molar-refractivity contribution in [3.8, 4) is 0 Å². The summed E-state index contributed by atoms with van der Waals surface area (Å²) in [6, 6.07) is 2.02. The van der Waals surface area contributed by atoms with Crippen molar-refractivity contribution in [2.75, 3.05) is 0 Å². The van der Waals surface area contributed by atoms with Crippen LogP contribution in [-0.4, -0.2) is 9.97 Å². The topological polar surface area (TPSA) is 64.9 Å². The summed E-state index contributed by atoms with van der Waals surface area (Å²) < 4.78 is 5.59. The van der Waals surface area contributed by atoms with Gasteiger partial charge in [0.25, 0.3) is 5.22 Å². The van der Waals surface area contributed by atoms with Gasteiger partial charge in [0.1, 0.15) is 5.76 Å². The summed E-state index contributed by atoms with van der Waals surface area (Å²) in [5.74, 6) is 0.856. The highest BCUT2D eigenvalue weighted by Gasteiger charge is 2.13. The Morgan fingerprint density at radius 1 is 1.17 bits per heavy atom. The molecule has 0 atom stereocenters. The average molecular weight is 263 g/mol. The van der Waals surface area contributed by atoms with Gasteiger partial charge in [0.15, 0.2) is 0 Å². The molecule has 4 nitrogen and oxygen atoms in total. The van der Waals surface area contributed by atoms with Crippen molar-refractivity contribution in [3.05, 3.63) is 34.5 Å². The zero-order valence-corrected chi connectivity index (χ0v) is 11.9. The van der Waals surface area contributed by atoms with E-state index >= 15 is 0 Å². The lowest BCUT2D eigenvalue weighted by Crippen LogP contribution is -2.04. The van der Waals surface area contributed by atoms with Crippen LogP contribution in [0.1, 0.15) is 28.4 Å². The molecule has 2 N–H and O–H groups in total. The molecule has 2 rings (SSSR count). The van der Waals surface area contributed by atoms with E-state index in [4.69, 9.17) is 10.2 Å². The third-order valence-corrected chi connectivity index (χ3v) is 3.76. The Morgan fingerprint density at radius 2 is 1.89 bits per heavy atom. The molecule has 0 spiro atoms. The molecule has 0 aromatic carbocycles. The molecule has 2 aromatic heterocycles. The number of aromatic nitrogens is 2. The molecule has 0 aliphatic carbocycles. The first-order valence-electron chi connectivity index (χ1n) is 5.80. The molecule has 0 radical (unpaired) electrons. The third kappa shape index (κ3) is 2.57. The fourth-order valence-corrected chi connectivity index (χ4v) is 2.86. The summed E-state index contributed by atoms with van der Waals surface area (Å²) in [5, 5.41) is 0.657. The van der Waals surface area contributed by atoms with Crippen molar-refractivity contribution in [1.82, 2.24) is 9.97 Å². The van der Waals surface area contributed by atoms with Gasteiger partial charge >= 0.3 is 0 Å². The summed E-state index contributed by atoms with van der Waals surface area (Å²) in [6.45, 7) is 8.28. The highest BCUT2D eigenvalue weighted by molar-refractivity contribution is 7.99. The van der Waals surface area contributed by atoms with Gasteiger partial charge in [-0.3, -0.25) is 4.98 Å². The van der Waals surface area contributed by atoms with Crippen LogP contribution >= 0.6 is 11.8 Å². The zero-order valence-electron chi connectivity index (χ0n) is 11.1. The predicted molar refractivity (Wildman–Crippen MR) is 71.7 cm³/mol. The lowest BCUT2D eigenvalue weighted by molar-refractivity contribution is 0.431. The predicted octanol–water partition coefficient (Wildman–Crippen LogP) is 2.91. The highest BCUT2D eigenvalue weighted by Crippen LogP contribution is 2.32. The summed E-state index contributed by atoms with van der Waals surface area (Å²) in [6.07, 6.45) is 0. The summed E-state index contributed by atoms with van der Waals surface area (Å²) in [4.78, 5) is 9.87. The number of oxazole rings is 1. The first kappa shape index (κ1) is 13.1. The van der Waals surface area contributed by atoms with Crippen LogP contribution in [0, 0.1) is 27.7 Å². The minimum Gasteiger partial charge on any atom is -0.436 e. The molecule has 18 heavy (non-hydrogen) atoms. The standard InChI is InChI=1S/C13H17N3OS/c1-7-5-12(11(6-14)9(3)15-7)18-13-16-8(2)10(4)17-13/h5H,6,14H2,1-4H3. The van der Waals surface area contributed by atoms with Crippen LogP contribution in [0.4, 0.5) is 0 Å². The monoisotopic (exact) mass is 263 g/mol. The SMILES string of the molecule is Cc1cc(Sc2nc(C)c(C)o2)c(CN)c(C)n1. The largest absolute Gasteiger partial charge is 0.436 e. The van der Waals surface area contributed by atoms with Gasteiger partial charge in [-0.25, -0.2) is 4.98 Å². The molecule has 0 aliphatic heterocycles. The van der Waals surface area contributed by atoms with Crippen LogP contribution in [0.5, 0.6) is 0 Å². The number of aryl methyl sites for hydroxylation is 4. The second-order valence-electron chi connectivity index (χ2n) is 4.25. The molecule has 0 amide bonds. The number of nitrogens with two attached hydrogens (primary N) is 1. The maximum atomic E-state index is 5.79. The van der Waals surface area contributed by atoms with Crippen molar-refractivity contribution in [2.24, 2.45) is 5.73 Å². The number of pyridine rings is 1. The molecule has 0 bridgehead atoms. The van der Waals surface area contributed by atoms with Crippen molar-refractivity contribution in [2.45, 2.75) is 44.4 Å². The van der Waals surface area contributed by atoms with Crippen LogP contribution in [0.3, 0.4) is 0 Å². The normalized spacial score (nSPS) is 10.9. The van der Waals surface area contributed by atoms with Crippen LogP contribution < -0.4 is 5.73 Å². The Labute approximate surface area is 111 Å². The minimum absolute atomic E-state index is 0.472. The molecule has 0 saturated carbocycles. The molecule has 0 fully saturated rings. The van der Waals surface area contributed by atoms with Crippen molar-refractivity contribution >= 4 is 11.8 Å². The molecule has 0 aliphatic rings. The van der Waals surface area contributed by atoms with Crippen molar-refractivity contribution in [1.29, 1.82) is 0 Å². The van der Waals surface area contributed by atoms with E-state index < -0.39 is 0 Å². The van der Waals surface area contributed by atoms with E-state index in [0.29, 0.717) is 11.8 Å². The number of hydrogen-bond donors (Lipinski definition) is 1. The second-order valence-corrected chi connectivity index (χ2v) is 5.25. The maximum absolute atomic E-state index is 5.79. The summed E-state index contributed by atoms with van der Waals surface area (Å²) >= 11 is 1.50. The molecule has 2 heterocycles. The lowest BCUT2D eigenvalue weighted by atomic mass is 10.2. The van der Waals surface area contributed by atoms with E-state index in [0.717, 1.165) is 33.3 Å². The number of hydrogen-bond acceptors (Lipinski definition) is 5. The Hall–Kier alpha value is -1.33. The van der Waals surface area contributed by atoms with Gasteiger partial charge in [0.05, 0.1) is 5.69 Å². The molecular weight excluding hydrogens is 246 g/mol. The molecule has 96 valence electrons. The fraction of sp³-hybridized carbons (Fsp3) is 0.385. The summed E-state index contributed by atoms with van der Waals surface area (Å²) in [5.41, 5.74) is 9.72. The van der Waals surface area contributed by atoms with E-state index in [-0.39, 0.29) is 0 Å². The van der Waals surface area contributed by atoms with Gasteiger partial charge in [0.2, 0.25) is 0 Å². The Balaban J connectivity index is 2.39. The highest BCUT2D eigenvalue weighted by atomic mass is 32.2. The zero-order chi connectivity index (χ0) is 13.3. The second kappa shape index (κ2) is 5.12. The van der Waals surface area contributed by atoms with Crippen LogP contribution in [-0.2, 0) is 6.54 Å². The van der Waals surface area contributed by atoms with Crippen LogP contribution in [0.15, 0.2) is 20.6 Å². The minimum atomic E-state index is 0.472. The Kier molecular flexibility index (Phi) is 3.73. The van der Waals surface area contributed by atoms with Crippen molar-refractivity contribution < 1.29 is 4.42 Å². The van der Waals surface area contributed by atoms with E-state index in [2.05, 4.69) is 9.97 Å².